The normalized spacial score (nSPS) is 9.33. The molecule has 1 N–H and O–H groups in total. The Balaban J connectivity index is 2.29. The fourth-order valence-electron chi connectivity index (χ4n) is 0.624. The molecule has 0 aliphatic carbocycles. The second-order valence-corrected chi connectivity index (χ2v) is 2.05. The summed E-state index contributed by atoms with van der Waals surface area (Å²) in [5, 5.41) is 8.19. The highest BCUT2D eigenvalue weighted by Gasteiger charge is 1.97. The van der Waals surface area contributed by atoms with Gasteiger partial charge in [-0.15, -0.1) is 0 Å². The van der Waals surface area contributed by atoms with E-state index in [1.807, 2.05) is 6.07 Å². The molecular formula is C8H8O4. The fraction of sp³-hybridized carbons (Fsp3) is 0.125. The molecule has 1 rings (SSSR count). The van der Waals surface area contributed by atoms with E-state index in [1.54, 1.807) is 24.3 Å². The number of benzene rings is 1. The summed E-state index contributed by atoms with van der Waals surface area (Å²) in [6.45, 7) is -0.463. The van der Waals surface area contributed by atoms with Gasteiger partial charge in [0.2, 0.25) is 0 Å². The van der Waals surface area contributed by atoms with Crippen molar-refractivity contribution in [2.24, 2.45) is 0 Å². The van der Waals surface area contributed by atoms with E-state index in [-0.39, 0.29) is 0 Å². The first kappa shape index (κ1) is 8.55. The standard InChI is InChI=1S/C8H8O4/c9-8(10)6-11-12-7-4-2-1-3-5-7/h1-5H,6H2,(H,9,10). The van der Waals surface area contributed by atoms with Crippen LogP contribution in [0.5, 0.6) is 5.75 Å². The van der Waals surface area contributed by atoms with Gasteiger partial charge in [0.25, 0.3) is 0 Å². The minimum Gasteiger partial charge on any atom is -0.479 e. The van der Waals surface area contributed by atoms with E-state index in [4.69, 9.17) is 5.11 Å². The van der Waals surface area contributed by atoms with E-state index in [9.17, 15) is 4.79 Å². The minimum atomic E-state index is -1.06. The predicted molar refractivity (Wildman–Crippen MR) is 40.7 cm³/mol. The van der Waals surface area contributed by atoms with Crippen LogP contribution in [0.15, 0.2) is 30.3 Å². The minimum absolute atomic E-state index is 0.463. The molecule has 0 atom stereocenters. The van der Waals surface area contributed by atoms with E-state index < -0.39 is 12.6 Å². The van der Waals surface area contributed by atoms with Gasteiger partial charge in [-0.05, 0) is 12.1 Å². The molecule has 0 saturated heterocycles. The molecule has 1 aromatic rings. The third-order valence-corrected chi connectivity index (χ3v) is 1.08. The lowest BCUT2D eigenvalue weighted by Crippen LogP contribution is -2.09. The van der Waals surface area contributed by atoms with Gasteiger partial charge in [-0.3, -0.25) is 0 Å². The molecule has 64 valence electrons. The number of hydrogen-bond acceptors (Lipinski definition) is 3. The Morgan fingerprint density at radius 2 is 2.00 bits per heavy atom. The highest BCUT2D eigenvalue weighted by Crippen LogP contribution is 2.07. The van der Waals surface area contributed by atoms with Crippen LogP contribution < -0.4 is 4.89 Å². The maximum absolute atomic E-state index is 9.98. The van der Waals surface area contributed by atoms with Crippen LogP contribution in [0, 0.1) is 0 Å². The molecule has 0 amide bonds. The van der Waals surface area contributed by atoms with Crippen molar-refractivity contribution in [2.45, 2.75) is 0 Å². The summed E-state index contributed by atoms with van der Waals surface area (Å²) in [5.74, 6) is -0.579. The summed E-state index contributed by atoms with van der Waals surface area (Å²) >= 11 is 0. The van der Waals surface area contributed by atoms with E-state index in [2.05, 4.69) is 9.78 Å². The molecule has 0 aliphatic heterocycles. The fourth-order valence-corrected chi connectivity index (χ4v) is 0.624. The average molecular weight is 168 g/mol. The monoisotopic (exact) mass is 168 g/mol. The van der Waals surface area contributed by atoms with E-state index >= 15 is 0 Å². The third-order valence-electron chi connectivity index (χ3n) is 1.08. The van der Waals surface area contributed by atoms with Crippen molar-refractivity contribution in [3.8, 4) is 5.75 Å². The summed E-state index contributed by atoms with van der Waals surface area (Å²) < 4.78 is 0. The van der Waals surface area contributed by atoms with Crippen LogP contribution in [0.1, 0.15) is 0 Å². The Labute approximate surface area is 69.3 Å². The zero-order valence-corrected chi connectivity index (χ0v) is 6.27. The van der Waals surface area contributed by atoms with Crippen molar-refractivity contribution in [3.05, 3.63) is 30.3 Å². The van der Waals surface area contributed by atoms with Crippen LogP contribution in [-0.2, 0) is 9.68 Å². The van der Waals surface area contributed by atoms with Crippen molar-refractivity contribution in [1.82, 2.24) is 0 Å². The van der Waals surface area contributed by atoms with Gasteiger partial charge in [0, 0.05) is 0 Å². The molecule has 0 heterocycles. The zero-order chi connectivity index (χ0) is 8.81. The lowest BCUT2D eigenvalue weighted by atomic mass is 10.3. The third kappa shape index (κ3) is 3.03. The highest BCUT2D eigenvalue weighted by molar-refractivity contribution is 5.67. The van der Waals surface area contributed by atoms with Gasteiger partial charge in [-0.25, -0.2) is 4.79 Å². The number of carbonyl (C=O) groups is 1. The van der Waals surface area contributed by atoms with E-state index in [0.29, 0.717) is 5.75 Å². The van der Waals surface area contributed by atoms with Crippen molar-refractivity contribution in [3.63, 3.8) is 0 Å². The largest absolute Gasteiger partial charge is 0.479 e. The Morgan fingerprint density at radius 3 is 2.58 bits per heavy atom. The molecule has 0 fully saturated rings. The number of carboxylic acids is 1. The van der Waals surface area contributed by atoms with Gasteiger partial charge in [0.15, 0.2) is 12.4 Å². The Morgan fingerprint density at radius 1 is 1.33 bits per heavy atom. The molecule has 12 heavy (non-hydrogen) atoms. The molecule has 4 heteroatoms. The number of para-hydroxylation sites is 1. The molecule has 0 aliphatic rings. The first-order chi connectivity index (χ1) is 5.79. The molecular weight excluding hydrogens is 160 g/mol. The Kier molecular flexibility index (Phi) is 3.10. The lowest BCUT2D eigenvalue weighted by molar-refractivity contribution is -0.213. The van der Waals surface area contributed by atoms with Crippen molar-refractivity contribution in [2.75, 3.05) is 6.61 Å². The Hall–Kier alpha value is -1.55. The van der Waals surface area contributed by atoms with Crippen LogP contribution >= 0.6 is 0 Å². The first-order valence-corrected chi connectivity index (χ1v) is 3.35. The lowest BCUT2D eigenvalue weighted by Gasteiger charge is -2.00. The van der Waals surface area contributed by atoms with Crippen molar-refractivity contribution >= 4 is 5.97 Å². The predicted octanol–water partition coefficient (Wildman–Crippen LogP) is 1.08. The summed E-state index contributed by atoms with van der Waals surface area (Å²) in [7, 11) is 0. The van der Waals surface area contributed by atoms with Gasteiger partial charge in [0.05, 0.1) is 0 Å². The van der Waals surface area contributed by atoms with Gasteiger partial charge >= 0.3 is 5.97 Å². The summed E-state index contributed by atoms with van der Waals surface area (Å²) in [5.41, 5.74) is 0. The molecule has 0 bridgehead atoms. The van der Waals surface area contributed by atoms with Gasteiger partial charge in [-0.1, -0.05) is 18.2 Å². The molecule has 1 aromatic carbocycles. The number of aliphatic carboxylic acids is 1. The Bertz CT molecular complexity index is 244. The van der Waals surface area contributed by atoms with Gasteiger partial charge in [-0.2, -0.15) is 4.89 Å². The molecule has 0 unspecified atom stereocenters. The topological polar surface area (TPSA) is 55.8 Å². The molecule has 0 spiro atoms. The van der Waals surface area contributed by atoms with Crippen LogP contribution in [0.2, 0.25) is 0 Å². The first-order valence-electron chi connectivity index (χ1n) is 3.35. The quantitative estimate of drug-likeness (QED) is 0.540. The smallest absolute Gasteiger partial charge is 0.334 e. The molecule has 0 radical (unpaired) electrons. The van der Waals surface area contributed by atoms with Crippen LogP contribution in [-0.4, -0.2) is 17.7 Å². The number of hydrogen-bond donors (Lipinski definition) is 1. The maximum Gasteiger partial charge on any atom is 0.334 e. The summed E-state index contributed by atoms with van der Waals surface area (Å²) in [6, 6.07) is 8.69. The van der Waals surface area contributed by atoms with Crippen molar-refractivity contribution in [1.29, 1.82) is 0 Å². The number of rotatable bonds is 4. The van der Waals surface area contributed by atoms with Crippen molar-refractivity contribution < 1.29 is 19.7 Å². The molecule has 0 saturated carbocycles. The van der Waals surface area contributed by atoms with E-state index in [1.165, 1.54) is 0 Å². The zero-order valence-electron chi connectivity index (χ0n) is 6.27. The SMILES string of the molecule is O=C(O)COOc1ccccc1. The van der Waals surface area contributed by atoms with Crippen LogP contribution in [0.3, 0.4) is 0 Å². The maximum atomic E-state index is 9.98. The highest BCUT2D eigenvalue weighted by atomic mass is 17.2. The summed E-state index contributed by atoms with van der Waals surface area (Å²) in [6.07, 6.45) is 0. The van der Waals surface area contributed by atoms with Crippen LogP contribution in [0.4, 0.5) is 0 Å². The second kappa shape index (κ2) is 4.35. The number of carboxylic acid groups (broad SMARTS) is 1. The van der Waals surface area contributed by atoms with Gasteiger partial charge < -0.3 is 9.99 Å². The molecule has 0 aromatic heterocycles. The molecule has 4 nitrogen and oxygen atoms in total. The van der Waals surface area contributed by atoms with E-state index in [0.717, 1.165) is 0 Å². The van der Waals surface area contributed by atoms with Gasteiger partial charge in [0.1, 0.15) is 0 Å². The average Bonchev–Trinajstić information content (AvgIpc) is 2.05. The summed E-state index contributed by atoms with van der Waals surface area (Å²) in [4.78, 5) is 19.0. The van der Waals surface area contributed by atoms with Crippen LogP contribution in [0.25, 0.3) is 0 Å². The second-order valence-electron chi connectivity index (χ2n) is 2.05.